The third-order valence-electron chi connectivity index (χ3n) is 2.87. The molecule has 0 saturated carbocycles. The largest absolute Gasteiger partial charge is 0.494 e. The van der Waals surface area contributed by atoms with E-state index in [1.165, 1.54) is 5.56 Å². The molecule has 0 aliphatic carbocycles. The molecule has 1 aliphatic heterocycles. The summed E-state index contributed by atoms with van der Waals surface area (Å²) in [5.74, 6) is 0.905. The topological polar surface area (TPSA) is 44.5 Å². The molecule has 88 valence electrons. The number of hydrogen-bond acceptors (Lipinski definition) is 3. The summed E-state index contributed by atoms with van der Waals surface area (Å²) in [7, 11) is 0. The Labute approximate surface area is 96.5 Å². The highest BCUT2D eigenvalue weighted by molar-refractivity contribution is 5.30. The van der Waals surface area contributed by atoms with Crippen LogP contribution >= 0.6 is 0 Å². The molecule has 1 aromatic rings. The van der Waals surface area contributed by atoms with E-state index in [9.17, 15) is 0 Å². The van der Waals surface area contributed by atoms with Gasteiger partial charge in [0.25, 0.3) is 0 Å². The molecule has 1 saturated heterocycles. The average Bonchev–Trinajstić information content (AvgIpc) is 2.30. The molecule has 2 rings (SSSR count). The van der Waals surface area contributed by atoms with E-state index >= 15 is 0 Å². The van der Waals surface area contributed by atoms with Crippen LogP contribution < -0.4 is 10.5 Å². The third kappa shape index (κ3) is 2.74. The van der Waals surface area contributed by atoms with Crippen molar-refractivity contribution in [1.82, 2.24) is 0 Å². The Morgan fingerprint density at radius 2 is 2.38 bits per heavy atom. The van der Waals surface area contributed by atoms with Crippen LogP contribution in [0.1, 0.15) is 31.4 Å². The molecule has 1 aromatic carbocycles. The molecule has 3 nitrogen and oxygen atoms in total. The number of nitrogens with two attached hydrogens (primary N) is 1. The van der Waals surface area contributed by atoms with E-state index < -0.39 is 0 Å². The minimum absolute atomic E-state index is 0.129. The Hall–Kier alpha value is -1.06. The van der Waals surface area contributed by atoms with Crippen molar-refractivity contribution in [3.8, 4) is 5.75 Å². The first-order valence-electron chi connectivity index (χ1n) is 5.89. The summed E-state index contributed by atoms with van der Waals surface area (Å²) in [4.78, 5) is 0. The fourth-order valence-electron chi connectivity index (χ4n) is 2.03. The van der Waals surface area contributed by atoms with Crippen LogP contribution in [0.4, 0.5) is 0 Å². The molecule has 3 heteroatoms. The SMILES string of the molecule is CCOc1cccc(C2CC(N)CCO2)c1. The van der Waals surface area contributed by atoms with Gasteiger partial charge in [0.05, 0.1) is 12.7 Å². The van der Waals surface area contributed by atoms with Crippen LogP contribution in [0.3, 0.4) is 0 Å². The Morgan fingerprint density at radius 1 is 1.50 bits per heavy atom. The van der Waals surface area contributed by atoms with Crippen LogP contribution in [0.2, 0.25) is 0 Å². The fraction of sp³-hybridized carbons (Fsp3) is 0.538. The molecule has 2 atom stereocenters. The molecule has 1 fully saturated rings. The molecular formula is C13H19NO2. The monoisotopic (exact) mass is 221 g/mol. The predicted octanol–water partition coefficient (Wildman–Crippen LogP) is 2.26. The lowest BCUT2D eigenvalue weighted by Gasteiger charge is -2.27. The molecule has 1 aliphatic rings. The van der Waals surface area contributed by atoms with Gasteiger partial charge in [0.15, 0.2) is 0 Å². The predicted molar refractivity (Wildman–Crippen MR) is 63.5 cm³/mol. The molecule has 0 aromatic heterocycles. The van der Waals surface area contributed by atoms with Crippen molar-refractivity contribution in [1.29, 1.82) is 0 Å². The van der Waals surface area contributed by atoms with Gasteiger partial charge in [0.1, 0.15) is 5.75 Å². The van der Waals surface area contributed by atoms with Crippen LogP contribution in [0, 0.1) is 0 Å². The second-order valence-electron chi connectivity index (χ2n) is 4.15. The normalized spacial score (nSPS) is 25.4. The Kier molecular flexibility index (Phi) is 3.80. The molecule has 16 heavy (non-hydrogen) atoms. The lowest BCUT2D eigenvalue weighted by atomic mass is 9.98. The zero-order chi connectivity index (χ0) is 11.4. The molecular weight excluding hydrogens is 202 g/mol. The summed E-state index contributed by atoms with van der Waals surface area (Å²) in [6.07, 6.45) is 1.99. The number of ether oxygens (including phenoxy) is 2. The zero-order valence-corrected chi connectivity index (χ0v) is 9.69. The molecule has 0 radical (unpaired) electrons. The Morgan fingerprint density at radius 3 is 3.12 bits per heavy atom. The van der Waals surface area contributed by atoms with Crippen molar-refractivity contribution in [2.75, 3.05) is 13.2 Å². The Bertz CT molecular complexity index is 340. The van der Waals surface area contributed by atoms with Gasteiger partial charge >= 0.3 is 0 Å². The number of hydrogen-bond donors (Lipinski definition) is 1. The highest BCUT2D eigenvalue weighted by Gasteiger charge is 2.21. The van der Waals surface area contributed by atoms with Gasteiger partial charge < -0.3 is 15.2 Å². The van der Waals surface area contributed by atoms with Gasteiger partial charge in [-0.25, -0.2) is 0 Å². The molecule has 2 unspecified atom stereocenters. The van der Waals surface area contributed by atoms with E-state index in [-0.39, 0.29) is 12.1 Å². The van der Waals surface area contributed by atoms with Gasteiger partial charge in [-0.05, 0) is 37.5 Å². The number of benzene rings is 1. The van der Waals surface area contributed by atoms with Crippen LogP contribution in [0.25, 0.3) is 0 Å². The van der Waals surface area contributed by atoms with Crippen molar-refractivity contribution < 1.29 is 9.47 Å². The van der Waals surface area contributed by atoms with Gasteiger partial charge in [-0.1, -0.05) is 12.1 Å². The lowest BCUT2D eigenvalue weighted by molar-refractivity contribution is 0.00655. The molecule has 2 N–H and O–H groups in total. The summed E-state index contributed by atoms with van der Waals surface area (Å²) in [6.45, 7) is 3.43. The van der Waals surface area contributed by atoms with Crippen molar-refractivity contribution in [2.24, 2.45) is 5.73 Å². The summed E-state index contributed by atoms with van der Waals surface area (Å²) < 4.78 is 11.2. The standard InChI is InChI=1S/C13H19NO2/c1-2-15-12-5-3-4-10(8-12)13-9-11(14)6-7-16-13/h3-5,8,11,13H,2,6-7,9,14H2,1H3. The van der Waals surface area contributed by atoms with Crippen LogP contribution in [0.15, 0.2) is 24.3 Å². The smallest absolute Gasteiger partial charge is 0.119 e. The van der Waals surface area contributed by atoms with Crippen molar-refractivity contribution in [2.45, 2.75) is 31.9 Å². The first kappa shape index (κ1) is 11.4. The highest BCUT2D eigenvalue weighted by atomic mass is 16.5. The summed E-state index contributed by atoms with van der Waals surface area (Å²) in [5.41, 5.74) is 7.12. The fourth-order valence-corrected chi connectivity index (χ4v) is 2.03. The third-order valence-corrected chi connectivity index (χ3v) is 2.87. The van der Waals surface area contributed by atoms with Gasteiger partial charge in [0, 0.05) is 12.6 Å². The van der Waals surface area contributed by atoms with E-state index in [0.29, 0.717) is 6.61 Å². The van der Waals surface area contributed by atoms with Gasteiger partial charge in [-0.2, -0.15) is 0 Å². The minimum atomic E-state index is 0.129. The molecule has 1 heterocycles. The first-order chi connectivity index (χ1) is 7.79. The summed E-state index contributed by atoms with van der Waals surface area (Å²) >= 11 is 0. The zero-order valence-electron chi connectivity index (χ0n) is 9.69. The van der Waals surface area contributed by atoms with E-state index in [4.69, 9.17) is 15.2 Å². The van der Waals surface area contributed by atoms with Gasteiger partial charge in [-0.3, -0.25) is 0 Å². The van der Waals surface area contributed by atoms with Crippen LogP contribution in [0.5, 0.6) is 5.75 Å². The molecule has 0 bridgehead atoms. The second-order valence-corrected chi connectivity index (χ2v) is 4.15. The van der Waals surface area contributed by atoms with Crippen molar-refractivity contribution in [3.63, 3.8) is 0 Å². The first-order valence-corrected chi connectivity index (χ1v) is 5.89. The van der Waals surface area contributed by atoms with E-state index in [2.05, 4.69) is 6.07 Å². The summed E-state index contributed by atoms with van der Waals surface area (Å²) in [6, 6.07) is 8.35. The van der Waals surface area contributed by atoms with E-state index in [1.54, 1.807) is 0 Å². The minimum Gasteiger partial charge on any atom is -0.494 e. The van der Waals surface area contributed by atoms with E-state index in [0.717, 1.165) is 25.2 Å². The molecule has 0 amide bonds. The van der Waals surface area contributed by atoms with Crippen molar-refractivity contribution >= 4 is 0 Å². The maximum absolute atomic E-state index is 5.95. The van der Waals surface area contributed by atoms with Crippen LogP contribution in [-0.4, -0.2) is 19.3 Å². The number of rotatable bonds is 3. The average molecular weight is 221 g/mol. The van der Waals surface area contributed by atoms with Crippen molar-refractivity contribution in [3.05, 3.63) is 29.8 Å². The van der Waals surface area contributed by atoms with E-state index in [1.807, 2.05) is 25.1 Å². The van der Waals surface area contributed by atoms with Crippen LogP contribution in [-0.2, 0) is 4.74 Å². The summed E-state index contributed by atoms with van der Waals surface area (Å²) in [5, 5.41) is 0. The molecule has 0 spiro atoms. The van der Waals surface area contributed by atoms with Gasteiger partial charge in [-0.15, -0.1) is 0 Å². The Balaban J connectivity index is 2.09. The quantitative estimate of drug-likeness (QED) is 0.851. The maximum atomic E-state index is 5.95. The van der Waals surface area contributed by atoms with Gasteiger partial charge in [0.2, 0.25) is 0 Å². The lowest BCUT2D eigenvalue weighted by Crippen LogP contribution is -2.30. The maximum Gasteiger partial charge on any atom is 0.119 e. The highest BCUT2D eigenvalue weighted by Crippen LogP contribution is 2.29. The second kappa shape index (κ2) is 5.32.